The Bertz CT molecular complexity index is 795. The Morgan fingerprint density at radius 1 is 1.35 bits per heavy atom. The van der Waals surface area contributed by atoms with Crippen LogP contribution in [-0.4, -0.2) is 10.9 Å². The average molecular weight is 371 g/mol. The predicted octanol–water partition coefficient (Wildman–Crippen LogP) is 3.21. The van der Waals surface area contributed by atoms with Crippen molar-refractivity contribution in [3.05, 3.63) is 63.9 Å². The summed E-state index contributed by atoms with van der Waals surface area (Å²) in [6, 6.07) is 14.1. The molecule has 0 radical (unpaired) electrons. The zero-order chi connectivity index (χ0) is 16.8. The zero-order valence-corrected chi connectivity index (χ0v) is 14.0. The molecule has 0 aliphatic heterocycles. The van der Waals surface area contributed by atoms with E-state index in [1.54, 1.807) is 24.3 Å². The van der Waals surface area contributed by atoms with Crippen molar-refractivity contribution in [2.45, 2.75) is 13.0 Å². The zero-order valence-electron chi connectivity index (χ0n) is 12.5. The SMILES string of the molecule is C[C@H](NC(=O)/C(C#N)=C/c1cccc(Br)n1)c1ccccc1N. The average Bonchev–Trinajstić information content (AvgIpc) is 2.52. The first-order chi connectivity index (χ1) is 11.0. The van der Waals surface area contributed by atoms with Crippen molar-refractivity contribution in [3.8, 4) is 6.07 Å². The number of benzene rings is 1. The summed E-state index contributed by atoms with van der Waals surface area (Å²) in [5, 5.41) is 12.0. The van der Waals surface area contributed by atoms with Gasteiger partial charge in [-0.1, -0.05) is 24.3 Å². The number of nitrogens with one attached hydrogen (secondary N) is 1. The summed E-state index contributed by atoms with van der Waals surface area (Å²) in [5.74, 6) is -0.468. The number of nitrogen functional groups attached to an aromatic ring is 1. The number of carbonyl (C=O) groups is 1. The summed E-state index contributed by atoms with van der Waals surface area (Å²) in [6.07, 6.45) is 1.45. The highest BCUT2D eigenvalue weighted by molar-refractivity contribution is 9.10. The van der Waals surface area contributed by atoms with E-state index in [-0.39, 0.29) is 11.6 Å². The number of para-hydroxylation sites is 1. The van der Waals surface area contributed by atoms with Crippen molar-refractivity contribution in [2.75, 3.05) is 5.73 Å². The smallest absolute Gasteiger partial charge is 0.262 e. The lowest BCUT2D eigenvalue weighted by molar-refractivity contribution is -0.117. The molecule has 1 atom stereocenters. The number of pyridine rings is 1. The maximum absolute atomic E-state index is 12.3. The molecule has 2 aromatic rings. The highest BCUT2D eigenvalue weighted by Gasteiger charge is 2.15. The number of nitrogens with two attached hydrogens (primary N) is 1. The fourth-order valence-corrected chi connectivity index (χ4v) is 2.42. The summed E-state index contributed by atoms with van der Waals surface area (Å²) < 4.78 is 0.634. The molecule has 116 valence electrons. The van der Waals surface area contributed by atoms with Crippen molar-refractivity contribution in [3.63, 3.8) is 0 Å². The van der Waals surface area contributed by atoms with Crippen LogP contribution in [0.25, 0.3) is 6.08 Å². The van der Waals surface area contributed by atoms with Gasteiger partial charge in [0.25, 0.3) is 5.91 Å². The van der Waals surface area contributed by atoms with Crippen LogP contribution in [0.15, 0.2) is 52.6 Å². The Balaban J connectivity index is 2.18. The predicted molar refractivity (Wildman–Crippen MR) is 92.9 cm³/mol. The molecule has 1 aromatic carbocycles. The van der Waals surface area contributed by atoms with Crippen LogP contribution >= 0.6 is 15.9 Å². The van der Waals surface area contributed by atoms with Crippen molar-refractivity contribution in [2.24, 2.45) is 0 Å². The van der Waals surface area contributed by atoms with E-state index in [1.165, 1.54) is 6.08 Å². The molecule has 1 amide bonds. The molecule has 0 saturated carbocycles. The van der Waals surface area contributed by atoms with Crippen LogP contribution in [0.5, 0.6) is 0 Å². The summed E-state index contributed by atoms with van der Waals surface area (Å²) in [4.78, 5) is 16.5. The van der Waals surface area contributed by atoms with Crippen LogP contribution in [0.3, 0.4) is 0 Å². The summed E-state index contributed by atoms with van der Waals surface area (Å²) >= 11 is 3.25. The molecule has 0 aliphatic carbocycles. The lowest BCUT2D eigenvalue weighted by Gasteiger charge is -2.15. The number of amides is 1. The molecule has 0 bridgehead atoms. The van der Waals surface area contributed by atoms with Gasteiger partial charge in [-0.05, 0) is 52.7 Å². The molecule has 1 heterocycles. The lowest BCUT2D eigenvalue weighted by atomic mass is 10.1. The van der Waals surface area contributed by atoms with Crippen LogP contribution in [0, 0.1) is 11.3 Å². The highest BCUT2D eigenvalue weighted by Crippen LogP contribution is 2.20. The number of carbonyl (C=O) groups excluding carboxylic acids is 1. The second-order valence-electron chi connectivity index (χ2n) is 4.88. The quantitative estimate of drug-likeness (QED) is 0.374. The molecule has 0 spiro atoms. The summed E-state index contributed by atoms with van der Waals surface area (Å²) in [7, 11) is 0. The molecule has 3 N–H and O–H groups in total. The van der Waals surface area contributed by atoms with Gasteiger partial charge in [-0.3, -0.25) is 4.79 Å². The van der Waals surface area contributed by atoms with Crippen molar-refractivity contribution in [1.29, 1.82) is 5.26 Å². The monoisotopic (exact) mass is 370 g/mol. The number of halogens is 1. The fraction of sp³-hybridized carbons (Fsp3) is 0.118. The Morgan fingerprint density at radius 2 is 2.09 bits per heavy atom. The van der Waals surface area contributed by atoms with Gasteiger partial charge in [-0.25, -0.2) is 4.98 Å². The minimum Gasteiger partial charge on any atom is -0.398 e. The van der Waals surface area contributed by atoms with Gasteiger partial charge >= 0.3 is 0 Å². The maximum Gasteiger partial charge on any atom is 0.262 e. The Hall–Kier alpha value is -2.65. The molecule has 2 rings (SSSR count). The standard InChI is InChI=1S/C17H15BrN4O/c1-11(14-6-2-3-7-15(14)20)21-17(23)12(10-19)9-13-5-4-8-16(18)22-13/h2-9,11H,20H2,1H3,(H,21,23)/b12-9+/t11-/m0/s1. The fourth-order valence-electron chi connectivity index (χ4n) is 2.06. The summed E-state index contributed by atoms with van der Waals surface area (Å²) in [5.41, 5.74) is 7.81. The number of nitriles is 1. The Kier molecular flexibility index (Phi) is 5.50. The van der Waals surface area contributed by atoms with E-state index in [0.717, 1.165) is 5.56 Å². The van der Waals surface area contributed by atoms with Gasteiger partial charge in [0.1, 0.15) is 16.2 Å². The van der Waals surface area contributed by atoms with E-state index < -0.39 is 5.91 Å². The highest BCUT2D eigenvalue weighted by atomic mass is 79.9. The van der Waals surface area contributed by atoms with Crippen LogP contribution in [-0.2, 0) is 4.79 Å². The first-order valence-electron chi connectivity index (χ1n) is 6.91. The van der Waals surface area contributed by atoms with E-state index >= 15 is 0 Å². The number of hydrogen-bond donors (Lipinski definition) is 2. The third-order valence-electron chi connectivity index (χ3n) is 3.20. The van der Waals surface area contributed by atoms with E-state index in [2.05, 4.69) is 26.2 Å². The van der Waals surface area contributed by atoms with Gasteiger partial charge in [0.2, 0.25) is 0 Å². The first kappa shape index (κ1) is 16.7. The van der Waals surface area contributed by atoms with Crippen molar-refractivity contribution >= 4 is 33.6 Å². The van der Waals surface area contributed by atoms with E-state index in [1.807, 2.05) is 31.2 Å². The third-order valence-corrected chi connectivity index (χ3v) is 3.65. The summed E-state index contributed by atoms with van der Waals surface area (Å²) in [6.45, 7) is 1.82. The van der Waals surface area contributed by atoms with Gasteiger partial charge in [-0.2, -0.15) is 5.26 Å². The van der Waals surface area contributed by atoms with Gasteiger partial charge in [0.15, 0.2) is 0 Å². The van der Waals surface area contributed by atoms with Crippen LogP contribution < -0.4 is 11.1 Å². The molecular formula is C17H15BrN4O. The number of nitrogens with zero attached hydrogens (tertiary/aromatic N) is 2. The molecule has 23 heavy (non-hydrogen) atoms. The normalized spacial score (nSPS) is 12.3. The van der Waals surface area contributed by atoms with E-state index in [4.69, 9.17) is 5.73 Å². The van der Waals surface area contributed by atoms with Crippen molar-refractivity contribution in [1.82, 2.24) is 10.3 Å². The minimum absolute atomic E-state index is 0.0167. The maximum atomic E-state index is 12.3. The number of aromatic nitrogens is 1. The van der Waals surface area contributed by atoms with Gasteiger partial charge in [0.05, 0.1) is 11.7 Å². The van der Waals surface area contributed by atoms with E-state index in [0.29, 0.717) is 16.0 Å². The lowest BCUT2D eigenvalue weighted by Crippen LogP contribution is -2.28. The molecule has 0 unspecified atom stereocenters. The largest absolute Gasteiger partial charge is 0.398 e. The number of hydrogen-bond acceptors (Lipinski definition) is 4. The van der Waals surface area contributed by atoms with Gasteiger partial charge in [-0.15, -0.1) is 0 Å². The van der Waals surface area contributed by atoms with Crippen molar-refractivity contribution < 1.29 is 4.79 Å². The molecule has 1 aromatic heterocycles. The minimum atomic E-state index is -0.468. The Morgan fingerprint density at radius 3 is 2.74 bits per heavy atom. The number of anilines is 1. The molecule has 0 fully saturated rings. The topological polar surface area (TPSA) is 91.8 Å². The van der Waals surface area contributed by atoms with Gasteiger partial charge < -0.3 is 11.1 Å². The third kappa shape index (κ3) is 4.41. The molecular weight excluding hydrogens is 356 g/mol. The second kappa shape index (κ2) is 7.56. The molecule has 6 heteroatoms. The van der Waals surface area contributed by atoms with Gasteiger partial charge in [0, 0.05) is 5.69 Å². The van der Waals surface area contributed by atoms with E-state index in [9.17, 15) is 10.1 Å². The Labute approximate surface area is 143 Å². The first-order valence-corrected chi connectivity index (χ1v) is 7.70. The molecule has 0 saturated heterocycles. The van der Waals surface area contributed by atoms with Crippen LogP contribution in [0.2, 0.25) is 0 Å². The van der Waals surface area contributed by atoms with Crippen LogP contribution in [0.1, 0.15) is 24.2 Å². The number of rotatable bonds is 4. The second-order valence-corrected chi connectivity index (χ2v) is 5.69. The molecule has 0 aliphatic rings. The molecule has 5 nitrogen and oxygen atoms in total. The van der Waals surface area contributed by atoms with Crippen LogP contribution in [0.4, 0.5) is 5.69 Å².